The van der Waals surface area contributed by atoms with Crippen molar-refractivity contribution < 1.29 is 0 Å². The van der Waals surface area contributed by atoms with Crippen molar-refractivity contribution in [1.82, 2.24) is 9.97 Å². The van der Waals surface area contributed by atoms with Crippen LogP contribution in [0.5, 0.6) is 0 Å². The van der Waals surface area contributed by atoms with E-state index in [1.54, 1.807) is 11.3 Å². The fourth-order valence-corrected chi connectivity index (χ4v) is 2.46. The second-order valence-corrected chi connectivity index (χ2v) is 5.05. The van der Waals surface area contributed by atoms with Gasteiger partial charge in [0.05, 0.1) is 10.6 Å². The van der Waals surface area contributed by atoms with Crippen LogP contribution in [0.25, 0.3) is 10.6 Å². The Morgan fingerprint density at radius 3 is 2.56 bits per heavy atom. The molecule has 0 unspecified atom stereocenters. The largest absolute Gasteiger partial charge is 0.383 e. The fourth-order valence-electron chi connectivity index (χ4n) is 1.54. The number of nitrogens with zero attached hydrogens (tertiary/aromatic N) is 2. The van der Waals surface area contributed by atoms with Crippen LogP contribution in [0.2, 0.25) is 0 Å². The first-order valence-corrected chi connectivity index (χ1v) is 6.13. The second-order valence-electron chi connectivity index (χ2n) is 3.76. The van der Waals surface area contributed by atoms with Crippen molar-refractivity contribution in [2.45, 2.75) is 27.2 Å². The van der Waals surface area contributed by atoms with Crippen LogP contribution < -0.4 is 5.73 Å². The number of anilines is 1. The molecule has 2 aromatic heterocycles. The molecule has 0 aliphatic carbocycles. The van der Waals surface area contributed by atoms with E-state index in [1.807, 2.05) is 13.8 Å². The molecule has 0 saturated carbocycles. The van der Waals surface area contributed by atoms with Crippen molar-refractivity contribution >= 4 is 17.2 Å². The highest BCUT2D eigenvalue weighted by Gasteiger charge is 2.11. The van der Waals surface area contributed by atoms with Crippen LogP contribution in [-0.2, 0) is 6.42 Å². The summed E-state index contributed by atoms with van der Waals surface area (Å²) in [5, 5.41) is 0. The molecule has 0 aromatic carbocycles. The molecule has 4 heteroatoms. The highest BCUT2D eigenvalue weighted by Crippen LogP contribution is 2.30. The van der Waals surface area contributed by atoms with Gasteiger partial charge in [-0.3, -0.25) is 0 Å². The molecule has 0 saturated heterocycles. The summed E-state index contributed by atoms with van der Waals surface area (Å²) in [6.07, 6.45) is 0.807. The Morgan fingerprint density at radius 2 is 2.00 bits per heavy atom. The molecule has 0 fully saturated rings. The molecule has 0 atom stereocenters. The van der Waals surface area contributed by atoms with E-state index in [0.717, 1.165) is 23.5 Å². The van der Waals surface area contributed by atoms with Crippen LogP contribution >= 0.6 is 11.3 Å². The lowest BCUT2D eigenvalue weighted by molar-refractivity contribution is 0.941. The van der Waals surface area contributed by atoms with E-state index in [0.29, 0.717) is 5.82 Å². The number of hydrogen-bond donors (Lipinski definition) is 1. The summed E-state index contributed by atoms with van der Waals surface area (Å²) in [5.74, 6) is 1.40. The summed E-state index contributed by atoms with van der Waals surface area (Å²) in [6.45, 7) is 6.10. The number of aryl methyl sites for hydroxylation is 2. The van der Waals surface area contributed by atoms with E-state index >= 15 is 0 Å². The van der Waals surface area contributed by atoms with Gasteiger partial charge in [0, 0.05) is 16.9 Å². The van der Waals surface area contributed by atoms with E-state index in [4.69, 9.17) is 5.73 Å². The van der Waals surface area contributed by atoms with Crippen LogP contribution in [0, 0.1) is 13.8 Å². The van der Waals surface area contributed by atoms with E-state index in [9.17, 15) is 0 Å². The lowest BCUT2D eigenvalue weighted by Crippen LogP contribution is -2.03. The zero-order chi connectivity index (χ0) is 11.7. The molecule has 16 heavy (non-hydrogen) atoms. The third-order valence-corrected chi connectivity index (χ3v) is 3.53. The van der Waals surface area contributed by atoms with Gasteiger partial charge in [0.2, 0.25) is 0 Å². The number of thiophene rings is 1. The van der Waals surface area contributed by atoms with Gasteiger partial charge in [-0.1, -0.05) is 6.92 Å². The molecule has 2 rings (SSSR count). The zero-order valence-corrected chi connectivity index (χ0v) is 10.6. The van der Waals surface area contributed by atoms with Crippen molar-refractivity contribution in [3.8, 4) is 10.6 Å². The van der Waals surface area contributed by atoms with Gasteiger partial charge in [0.25, 0.3) is 0 Å². The first-order valence-electron chi connectivity index (χ1n) is 5.31. The third-order valence-electron chi connectivity index (χ3n) is 2.52. The molecule has 2 heterocycles. The Bertz CT molecular complexity index is 517. The zero-order valence-electron chi connectivity index (χ0n) is 9.74. The number of nitrogen functional groups attached to an aromatic ring is 1. The summed E-state index contributed by atoms with van der Waals surface area (Å²) >= 11 is 1.74. The van der Waals surface area contributed by atoms with Crippen LogP contribution in [0.4, 0.5) is 5.82 Å². The standard InChI is InChI=1S/C12H15N3S/c1-4-10-14-11(8(3)12(13)15-10)9-6-5-7(2)16-9/h5-6H,4H2,1-3H3,(H2,13,14,15). The molecule has 0 amide bonds. The number of aromatic nitrogens is 2. The number of nitrogens with two attached hydrogens (primary N) is 1. The smallest absolute Gasteiger partial charge is 0.131 e. The van der Waals surface area contributed by atoms with Gasteiger partial charge in [-0.05, 0) is 26.0 Å². The van der Waals surface area contributed by atoms with Crippen molar-refractivity contribution in [3.05, 3.63) is 28.4 Å². The quantitative estimate of drug-likeness (QED) is 0.867. The number of rotatable bonds is 2. The lowest BCUT2D eigenvalue weighted by atomic mass is 10.2. The van der Waals surface area contributed by atoms with E-state index < -0.39 is 0 Å². The molecule has 0 aliphatic rings. The summed E-state index contributed by atoms with van der Waals surface area (Å²) in [4.78, 5) is 11.3. The van der Waals surface area contributed by atoms with Crippen LogP contribution in [0.15, 0.2) is 12.1 Å². The number of hydrogen-bond acceptors (Lipinski definition) is 4. The van der Waals surface area contributed by atoms with Crippen LogP contribution in [0.1, 0.15) is 23.2 Å². The molecular formula is C12H15N3S. The molecule has 3 nitrogen and oxygen atoms in total. The van der Waals surface area contributed by atoms with E-state index in [1.165, 1.54) is 9.75 Å². The Labute approximate surface area is 99.4 Å². The van der Waals surface area contributed by atoms with Gasteiger partial charge in [0.15, 0.2) is 0 Å². The Kier molecular flexibility index (Phi) is 2.92. The van der Waals surface area contributed by atoms with Crippen molar-refractivity contribution in [2.75, 3.05) is 5.73 Å². The van der Waals surface area contributed by atoms with Gasteiger partial charge in [-0.25, -0.2) is 9.97 Å². The summed E-state index contributed by atoms with van der Waals surface area (Å²) in [6, 6.07) is 4.19. The van der Waals surface area contributed by atoms with Gasteiger partial charge in [0.1, 0.15) is 11.6 Å². The van der Waals surface area contributed by atoms with Crippen molar-refractivity contribution in [3.63, 3.8) is 0 Å². The van der Waals surface area contributed by atoms with Crippen molar-refractivity contribution in [1.29, 1.82) is 0 Å². The molecule has 84 valence electrons. The molecule has 0 spiro atoms. The minimum atomic E-state index is 0.591. The Hall–Kier alpha value is -1.42. The predicted octanol–water partition coefficient (Wildman–Crippen LogP) is 2.97. The molecule has 0 radical (unpaired) electrons. The molecule has 2 aromatic rings. The second kappa shape index (κ2) is 4.22. The maximum atomic E-state index is 5.89. The van der Waals surface area contributed by atoms with Gasteiger partial charge in [-0.15, -0.1) is 11.3 Å². The first-order chi connectivity index (χ1) is 7.61. The van der Waals surface area contributed by atoms with Crippen LogP contribution in [0.3, 0.4) is 0 Å². The lowest BCUT2D eigenvalue weighted by Gasteiger charge is -2.07. The summed E-state index contributed by atoms with van der Waals surface area (Å²) < 4.78 is 0. The van der Waals surface area contributed by atoms with E-state index in [-0.39, 0.29) is 0 Å². The van der Waals surface area contributed by atoms with Crippen molar-refractivity contribution in [2.24, 2.45) is 0 Å². The average molecular weight is 233 g/mol. The van der Waals surface area contributed by atoms with E-state index in [2.05, 4.69) is 29.0 Å². The first kappa shape index (κ1) is 11.1. The molecule has 0 aliphatic heterocycles. The summed E-state index contributed by atoms with van der Waals surface area (Å²) in [7, 11) is 0. The Morgan fingerprint density at radius 1 is 1.25 bits per heavy atom. The minimum Gasteiger partial charge on any atom is -0.383 e. The maximum absolute atomic E-state index is 5.89. The highest BCUT2D eigenvalue weighted by atomic mass is 32.1. The SMILES string of the molecule is CCc1nc(N)c(C)c(-c2ccc(C)s2)n1. The molecular weight excluding hydrogens is 218 g/mol. The van der Waals surface area contributed by atoms with Gasteiger partial charge >= 0.3 is 0 Å². The topological polar surface area (TPSA) is 51.8 Å². The predicted molar refractivity (Wildman–Crippen MR) is 68.6 cm³/mol. The highest BCUT2D eigenvalue weighted by molar-refractivity contribution is 7.15. The molecule has 0 bridgehead atoms. The third kappa shape index (κ3) is 1.93. The Balaban J connectivity index is 2.59. The normalized spacial score (nSPS) is 10.7. The fraction of sp³-hybridized carbons (Fsp3) is 0.333. The molecule has 2 N–H and O–H groups in total. The minimum absolute atomic E-state index is 0.591. The van der Waals surface area contributed by atoms with Crippen LogP contribution in [-0.4, -0.2) is 9.97 Å². The average Bonchev–Trinajstić information content (AvgIpc) is 2.68. The maximum Gasteiger partial charge on any atom is 0.131 e. The summed E-state index contributed by atoms with van der Waals surface area (Å²) in [5.41, 5.74) is 7.84. The van der Waals surface area contributed by atoms with Gasteiger partial charge in [-0.2, -0.15) is 0 Å². The monoisotopic (exact) mass is 233 g/mol. The van der Waals surface area contributed by atoms with Gasteiger partial charge < -0.3 is 5.73 Å².